The maximum atomic E-state index is 6.00. The molecule has 0 saturated carbocycles. The minimum absolute atomic E-state index is 0.724. The third-order valence-electron chi connectivity index (χ3n) is 1.96. The van der Waals surface area contributed by atoms with Crippen molar-refractivity contribution in [3.8, 4) is 11.8 Å². The molecule has 0 fully saturated rings. The normalized spacial score (nSPS) is 9.36. The van der Waals surface area contributed by atoms with Crippen LogP contribution in [0.15, 0.2) is 18.2 Å². The van der Waals surface area contributed by atoms with Crippen molar-refractivity contribution in [2.75, 3.05) is 6.54 Å². The lowest BCUT2D eigenvalue weighted by Gasteiger charge is -2.03. The van der Waals surface area contributed by atoms with Crippen LogP contribution in [0.1, 0.15) is 18.1 Å². The maximum Gasteiger partial charge on any atom is 0.0578 e. The molecular weight excluding hydrogens is 194 g/mol. The van der Waals surface area contributed by atoms with E-state index in [2.05, 4.69) is 23.2 Å². The van der Waals surface area contributed by atoms with Gasteiger partial charge in [0.1, 0.15) is 0 Å². The smallest absolute Gasteiger partial charge is 0.0578 e. The number of halogens is 1. The molecule has 0 unspecified atom stereocenters. The summed E-state index contributed by atoms with van der Waals surface area (Å²) in [6.07, 6.45) is 0. The quantitative estimate of drug-likeness (QED) is 0.594. The van der Waals surface area contributed by atoms with Gasteiger partial charge in [-0.05, 0) is 31.0 Å². The monoisotopic (exact) mass is 207 g/mol. The molecule has 0 atom stereocenters. The van der Waals surface area contributed by atoms with Crippen molar-refractivity contribution in [2.45, 2.75) is 20.4 Å². The van der Waals surface area contributed by atoms with Gasteiger partial charge in [-0.25, -0.2) is 0 Å². The van der Waals surface area contributed by atoms with Crippen molar-refractivity contribution in [3.63, 3.8) is 0 Å². The summed E-state index contributed by atoms with van der Waals surface area (Å²) in [6, 6.07) is 6.10. The summed E-state index contributed by atoms with van der Waals surface area (Å²) in [6.45, 7) is 5.38. The van der Waals surface area contributed by atoms with Crippen molar-refractivity contribution in [1.82, 2.24) is 5.32 Å². The van der Waals surface area contributed by atoms with Gasteiger partial charge in [0, 0.05) is 11.6 Å². The Morgan fingerprint density at radius 1 is 1.43 bits per heavy atom. The highest BCUT2D eigenvalue weighted by Gasteiger charge is 1.96. The van der Waals surface area contributed by atoms with Gasteiger partial charge in [0.2, 0.25) is 0 Å². The molecule has 0 aliphatic carbocycles. The Morgan fingerprint density at radius 2 is 2.21 bits per heavy atom. The lowest BCUT2D eigenvalue weighted by Crippen LogP contribution is -2.13. The Balaban J connectivity index is 2.50. The Labute approximate surface area is 90.5 Å². The summed E-state index contributed by atoms with van der Waals surface area (Å²) in [5.74, 6) is 5.79. The van der Waals surface area contributed by atoms with E-state index in [9.17, 15) is 0 Å². The van der Waals surface area contributed by atoms with Crippen molar-refractivity contribution >= 4 is 11.6 Å². The van der Waals surface area contributed by atoms with Gasteiger partial charge in [0.15, 0.2) is 0 Å². The third-order valence-corrected chi connectivity index (χ3v) is 2.36. The molecule has 0 amide bonds. The molecule has 0 aliphatic heterocycles. The van der Waals surface area contributed by atoms with E-state index in [4.69, 9.17) is 11.6 Å². The molecule has 1 N–H and O–H groups in total. The van der Waals surface area contributed by atoms with E-state index in [0.29, 0.717) is 0 Å². The van der Waals surface area contributed by atoms with Crippen molar-refractivity contribution in [2.24, 2.45) is 0 Å². The van der Waals surface area contributed by atoms with E-state index in [-0.39, 0.29) is 0 Å². The number of nitrogens with one attached hydrogen (secondary N) is 1. The van der Waals surface area contributed by atoms with Gasteiger partial charge in [0.05, 0.1) is 6.54 Å². The van der Waals surface area contributed by atoms with Crippen LogP contribution in [-0.2, 0) is 6.54 Å². The highest BCUT2D eigenvalue weighted by Crippen LogP contribution is 2.16. The Bertz CT molecular complexity index is 360. The molecule has 0 spiro atoms. The Hall–Kier alpha value is -0.970. The maximum absolute atomic E-state index is 6.00. The van der Waals surface area contributed by atoms with Gasteiger partial charge in [-0.2, -0.15) is 0 Å². The SMILES string of the molecule is CC#CCNCc1ccc(C)c(Cl)c1. The summed E-state index contributed by atoms with van der Waals surface area (Å²) in [5.41, 5.74) is 2.31. The predicted molar refractivity (Wildman–Crippen MR) is 61.3 cm³/mol. The average molecular weight is 208 g/mol. The zero-order valence-corrected chi connectivity index (χ0v) is 9.28. The average Bonchev–Trinajstić information content (AvgIpc) is 2.18. The van der Waals surface area contributed by atoms with Crippen LogP contribution in [0.3, 0.4) is 0 Å². The second-order valence-electron chi connectivity index (χ2n) is 3.11. The van der Waals surface area contributed by atoms with Gasteiger partial charge >= 0.3 is 0 Å². The van der Waals surface area contributed by atoms with Crippen LogP contribution < -0.4 is 5.32 Å². The number of rotatable bonds is 3. The summed E-state index contributed by atoms with van der Waals surface area (Å²) in [5, 5.41) is 4.04. The van der Waals surface area contributed by atoms with Gasteiger partial charge in [-0.3, -0.25) is 0 Å². The molecule has 0 saturated heterocycles. The van der Waals surface area contributed by atoms with Gasteiger partial charge in [-0.1, -0.05) is 29.7 Å². The van der Waals surface area contributed by atoms with Crippen LogP contribution in [0.2, 0.25) is 5.02 Å². The second-order valence-corrected chi connectivity index (χ2v) is 3.52. The van der Waals surface area contributed by atoms with E-state index in [1.165, 1.54) is 5.56 Å². The number of benzene rings is 1. The fourth-order valence-corrected chi connectivity index (χ4v) is 1.31. The first-order valence-electron chi connectivity index (χ1n) is 4.59. The predicted octanol–water partition coefficient (Wildman–Crippen LogP) is 2.76. The highest BCUT2D eigenvalue weighted by molar-refractivity contribution is 6.31. The summed E-state index contributed by atoms with van der Waals surface area (Å²) < 4.78 is 0. The molecule has 0 heterocycles. The molecule has 0 aliphatic rings. The van der Waals surface area contributed by atoms with E-state index in [0.717, 1.165) is 23.7 Å². The van der Waals surface area contributed by atoms with E-state index in [1.807, 2.05) is 26.0 Å². The lowest BCUT2D eigenvalue weighted by atomic mass is 10.1. The van der Waals surface area contributed by atoms with E-state index >= 15 is 0 Å². The standard InChI is InChI=1S/C12H14ClN/c1-3-4-7-14-9-11-6-5-10(2)12(13)8-11/h5-6,8,14H,7,9H2,1-2H3. The molecule has 1 aromatic carbocycles. The Kier molecular flexibility index (Phi) is 4.52. The molecule has 1 nitrogen and oxygen atoms in total. The van der Waals surface area contributed by atoms with Crippen LogP contribution in [0.5, 0.6) is 0 Å². The van der Waals surface area contributed by atoms with Crippen molar-refractivity contribution < 1.29 is 0 Å². The molecule has 0 radical (unpaired) electrons. The highest BCUT2D eigenvalue weighted by atomic mass is 35.5. The van der Waals surface area contributed by atoms with Gasteiger partial charge in [-0.15, -0.1) is 5.92 Å². The molecule has 0 aromatic heterocycles. The zero-order chi connectivity index (χ0) is 10.4. The number of aryl methyl sites for hydroxylation is 1. The first-order valence-corrected chi connectivity index (χ1v) is 4.97. The number of hydrogen-bond donors (Lipinski definition) is 1. The molecule has 0 bridgehead atoms. The van der Waals surface area contributed by atoms with Crippen LogP contribution >= 0.6 is 11.6 Å². The molecule has 14 heavy (non-hydrogen) atoms. The third kappa shape index (κ3) is 3.41. The minimum Gasteiger partial charge on any atom is -0.302 e. The van der Waals surface area contributed by atoms with Gasteiger partial charge in [0.25, 0.3) is 0 Å². The van der Waals surface area contributed by atoms with E-state index in [1.54, 1.807) is 0 Å². The number of hydrogen-bond acceptors (Lipinski definition) is 1. The molecule has 1 aromatic rings. The van der Waals surface area contributed by atoms with Crippen molar-refractivity contribution in [3.05, 3.63) is 34.3 Å². The van der Waals surface area contributed by atoms with Gasteiger partial charge < -0.3 is 5.32 Å². The summed E-state index contributed by atoms with van der Waals surface area (Å²) >= 11 is 6.00. The van der Waals surface area contributed by atoms with Crippen LogP contribution in [0.4, 0.5) is 0 Å². The Morgan fingerprint density at radius 3 is 2.86 bits per heavy atom. The second kappa shape index (κ2) is 5.70. The molecule has 74 valence electrons. The summed E-state index contributed by atoms with van der Waals surface area (Å²) in [7, 11) is 0. The van der Waals surface area contributed by atoms with E-state index < -0.39 is 0 Å². The van der Waals surface area contributed by atoms with Crippen LogP contribution in [0, 0.1) is 18.8 Å². The fraction of sp³-hybridized carbons (Fsp3) is 0.333. The molecule has 2 heteroatoms. The first kappa shape index (κ1) is 11.1. The van der Waals surface area contributed by atoms with Crippen LogP contribution in [0.25, 0.3) is 0 Å². The fourth-order valence-electron chi connectivity index (χ4n) is 1.10. The molecular formula is C12H14ClN. The largest absolute Gasteiger partial charge is 0.302 e. The summed E-state index contributed by atoms with van der Waals surface area (Å²) in [4.78, 5) is 0. The van der Waals surface area contributed by atoms with Crippen LogP contribution in [-0.4, -0.2) is 6.54 Å². The molecule has 1 rings (SSSR count). The van der Waals surface area contributed by atoms with Crippen molar-refractivity contribution in [1.29, 1.82) is 0 Å². The first-order chi connectivity index (χ1) is 6.74. The topological polar surface area (TPSA) is 12.0 Å². The lowest BCUT2D eigenvalue weighted by molar-refractivity contribution is 0.770. The zero-order valence-electron chi connectivity index (χ0n) is 8.52. The minimum atomic E-state index is 0.724.